The van der Waals surface area contributed by atoms with E-state index in [0.717, 1.165) is 12.8 Å². The van der Waals surface area contributed by atoms with Gasteiger partial charge in [-0.2, -0.15) is 0 Å². The van der Waals surface area contributed by atoms with Gasteiger partial charge in [-0.15, -0.1) is 0 Å². The summed E-state index contributed by atoms with van der Waals surface area (Å²) in [5, 5.41) is 12.9. The molecule has 0 aliphatic carbocycles. The van der Waals surface area contributed by atoms with Crippen molar-refractivity contribution in [3.8, 4) is 5.75 Å². The Hall–Kier alpha value is -1.46. The Kier molecular flexibility index (Phi) is 5.91. The van der Waals surface area contributed by atoms with Gasteiger partial charge in [0.15, 0.2) is 0 Å². The molecule has 1 saturated heterocycles. The van der Waals surface area contributed by atoms with E-state index in [9.17, 15) is 9.90 Å². The molecule has 1 aliphatic rings. The second-order valence-electron chi connectivity index (χ2n) is 5.57. The van der Waals surface area contributed by atoms with E-state index in [1.165, 1.54) is 0 Å². The lowest BCUT2D eigenvalue weighted by molar-refractivity contribution is 0.0820. The molecule has 1 fully saturated rings. The van der Waals surface area contributed by atoms with Crippen LogP contribution in [-0.4, -0.2) is 41.8 Å². The SMILES string of the molecule is CCOc1ccc(NC(=O)N2CCC(C(C)O)CC2)cc1Cl. The number of halogens is 1. The summed E-state index contributed by atoms with van der Waals surface area (Å²) in [5.41, 5.74) is 0.649. The van der Waals surface area contributed by atoms with Gasteiger partial charge in [0.05, 0.1) is 17.7 Å². The van der Waals surface area contributed by atoms with Crippen LogP contribution in [0.2, 0.25) is 5.02 Å². The standard InChI is InChI=1S/C16H23ClN2O3/c1-3-22-15-5-4-13(10-14(15)17)18-16(21)19-8-6-12(7-9-19)11(2)20/h4-5,10-12,20H,3,6-9H2,1-2H3,(H,18,21). The van der Waals surface area contributed by atoms with Crippen molar-refractivity contribution >= 4 is 23.3 Å². The molecular weight excluding hydrogens is 304 g/mol. The number of ether oxygens (including phenoxy) is 1. The molecule has 2 rings (SSSR count). The number of aliphatic hydroxyl groups excluding tert-OH is 1. The van der Waals surface area contributed by atoms with Gasteiger partial charge in [0.2, 0.25) is 0 Å². The van der Waals surface area contributed by atoms with Gasteiger partial charge in [0, 0.05) is 18.8 Å². The van der Waals surface area contributed by atoms with Gasteiger partial charge in [0.1, 0.15) is 5.75 Å². The molecule has 0 aromatic heterocycles. The van der Waals surface area contributed by atoms with Crippen molar-refractivity contribution in [1.29, 1.82) is 0 Å². The number of nitrogens with one attached hydrogen (secondary N) is 1. The van der Waals surface area contributed by atoms with Crippen molar-refractivity contribution in [2.75, 3.05) is 25.0 Å². The highest BCUT2D eigenvalue weighted by Crippen LogP contribution is 2.28. The van der Waals surface area contributed by atoms with E-state index >= 15 is 0 Å². The summed E-state index contributed by atoms with van der Waals surface area (Å²) in [4.78, 5) is 14.0. The molecule has 2 N–H and O–H groups in total. The van der Waals surface area contributed by atoms with Crippen molar-refractivity contribution < 1.29 is 14.6 Å². The minimum atomic E-state index is -0.310. The molecule has 1 aromatic rings. The Balaban J connectivity index is 1.91. The number of hydrogen-bond donors (Lipinski definition) is 2. The van der Waals surface area contributed by atoms with E-state index < -0.39 is 0 Å². The normalized spacial score (nSPS) is 17.2. The summed E-state index contributed by atoms with van der Waals surface area (Å²) in [6.45, 7) is 5.56. The number of rotatable bonds is 4. The molecule has 22 heavy (non-hydrogen) atoms. The number of aliphatic hydroxyl groups is 1. The van der Waals surface area contributed by atoms with Crippen LogP contribution in [0.25, 0.3) is 0 Å². The molecular formula is C16H23ClN2O3. The smallest absolute Gasteiger partial charge is 0.321 e. The third-order valence-electron chi connectivity index (χ3n) is 3.99. The first-order valence-electron chi connectivity index (χ1n) is 7.67. The Morgan fingerprint density at radius 1 is 1.50 bits per heavy atom. The van der Waals surface area contributed by atoms with E-state index in [-0.39, 0.29) is 18.1 Å². The van der Waals surface area contributed by atoms with Crippen LogP contribution in [0.3, 0.4) is 0 Å². The number of urea groups is 1. The number of hydrogen-bond acceptors (Lipinski definition) is 3. The maximum atomic E-state index is 12.2. The summed E-state index contributed by atoms with van der Waals surface area (Å²) < 4.78 is 5.37. The van der Waals surface area contributed by atoms with Crippen molar-refractivity contribution in [2.45, 2.75) is 32.8 Å². The minimum absolute atomic E-state index is 0.135. The third-order valence-corrected chi connectivity index (χ3v) is 4.29. The zero-order chi connectivity index (χ0) is 16.1. The zero-order valence-electron chi connectivity index (χ0n) is 13.0. The maximum Gasteiger partial charge on any atom is 0.321 e. The number of benzene rings is 1. The zero-order valence-corrected chi connectivity index (χ0v) is 13.8. The van der Waals surface area contributed by atoms with Gasteiger partial charge in [-0.25, -0.2) is 4.79 Å². The van der Waals surface area contributed by atoms with Crippen LogP contribution in [0.5, 0.6) is 5.75 Å². The number of likely N-dealkylation sites (tertiary alicyclic amines) is 1. The average molecular weight is 327 g/mol. The summed E-state index contributed by atoms with van der Waals surface area (Å²) >= 11 is 6.11. The van der Waals surface area contributed by atoms with Crippen molar-refractivity contribution in [3.63, 3.8) is 0 Å². The number of nitrogens with zero attached hydrogens (tertiary/aromatic N) is 1. The number of anilines is 1. The van der Waals surface area contributed by atoms with Gasteiger partial charge in [-0.05, 0) is 50.8 Å². The maximum absolute atomic E-state index is 12.2. The molecule has 1 unspecified atom stereocenters. The largest absolute Gasteiger partial charge is 0.492 e. The molecule has 0 spiro atoms. The topological polar surface area (TPSA) is 61.8 Å². The summed E-state index contributed by atoms with van der Waals surface area (Å²) in [6.07, 6.45) is 1.35. The van der Waals surface area contributed by atoms with Crippen LogP contribution in [0.15, 0.2) is 18.2 Å². The van der Waals surface area contributed by atoms with Crippen LogP contribution >= 0.6 is 11.6 Å². The molecule has 2 amide bonds. The van der Waals surface area contributed by atoms with Crippen LogP contribution in [0, 0.1) is 5.92 Å². The Bertz CT molecular complexity index is 514. The fourth-order valence-electron chi connectivity index (χ4n) is 2.64. The van der Waals surface area contributed by atoms with Gasteiger partial charge in [-0.1, -0.05) is 11.6 Å². The molecule has 122 valence electrons. The summed E-state index contributed by atoms with van der Waals surface area (Å²) in [7, 11) is 0. The summed E-state index contributed by atoms with van der Waals surface area (Å²) in [6, 6.07) is 5.08. The second-order valence-corrected chi connectivity index (χ2v) is 5.98. The molecule has 0 bridgehead atoms. The monoisotopic (exact) mass is 326 g/mol. The Morgan fingerprint density at radius 2 is 2.18 bits per heavy atom. The van der Waals surface area contributed by atoms with E-state index in [1.54, 1.807) is 23.1 Å². The number of carbonyl (C=O) groups excluding carboxylic acids is 1. The quantitative estimate of drug-likeness (QED) is 0.891. The molecule has 6 heteroatoms. The number of amides is 2. The lowest BCUT2D eigenvalue weighted by Gasteiger charge is -2.33. The first kappa shape index (κ1) is 16.9. The Labute approximate surface area is 136 Å². The van der Waals surface area contributed by atoms with E-state index in [4.69, 9.17) is 16.3 Å². The number of carbonyl (C=O) groups is 1. The Morgan fingerprint density at radius 3 is 2.73 bits per heavy atom. The fraction of sp³-hybridized carbons (Fsp3) is 0.562. The highest BCUT2D eigenvalue weighted by atomic mass is 35.5. The minimum Gasteiger partial charge on any atom is -0.492 e. The first-order chi connectivity index (χ1) is 10.5. The number of piperidine rings is 1. The first-order valence-corrected chi connectivity index (χ1v) is 8.05. The predicted octanol–water partition coefficient (Wildman–Crippen LogP) is 3.36. The third kappa shape index (κ3) is 4.27. The summed E-state index contributed by atoms with van der Waals surface area (Å²) in [5.74, 6) is 0.892. The van der Waals surface area contributed by atoms with E-state index in [0.29, 0.717) is 36.2 Å². The average Bonchev–Trinajstić information content (AvgIpc) is 2.50. The van der Waals surface area contributed by atoms with Crippen LogP contribution in [-0.2, 0) is 0 Å². The predicted molar refractivity (Wildman–Crippen MR) is 87.6 cm³/mol. The van der Waals surface area contributed by atoms with Gasteiger partial charge >= 0.3 is 6.03 Å². The van der Waals surface area contributed by atoms with Crippen molar-refractivity contribution in [3.05, 3.63) is 23.2 Å². The van der Waals surface area contributed by atoms with Gasteiger partial charge in [0.25, 0.3) is 0 Å². The fourth-order valence-corrected chi connectivity index (χ4v) is 2.87. The van der Waals surface area contributed by atoms with Crippen molar-refractivity contribution in [1.82, 2.24) is 4.90 Å². The molecule has 1 atom stereocenters. The second kappa shape index (κ2) is 7.70. The lowest BCUT2D eigenvalue weighted by atomic mass is 9.92. The molecule has 1 heterocycles. The van der Waals surface area contributed by atoms with Crippen molar-refractivity contribution in [2.24, 2.45) is 5.92 Å². The van der Waals surface area contributed by atoms with Crippen LogP contribution in [0.1, 0.15) is 26.7 Å². The van der Waals surface area contributed by atoms with Gasteiger partial charge < -0.3 is 20.1 Å². The van der Waals surface area contributed by atoms with Crippen LogP contribution in [0.4, 0.5) is 10.5 Å². The molecule has 5 nitrogen and oxygen atoms in total. The van der Waals surface area contributed by atoms with Crippen LogP contribution < -0.4 is 10.1 Å². The molecule has 0 saturated carbocycles. The van der Waals surface area contributed by atoms with E-state index in [2.05, 4.69) is 5.32 Å². The van der Waals surface area contributed by atoms with E-state index in [1.807, 2.05) is 13.8 Å². The molecule has 0 radical (unpaired) electrons. The molecule has 1 aromatic carbocycles. The highest BCUT2D eigenvalue weighted by Gasteiger charge is 2.25. The lowest BCUT2D eigenvalue weighted by Crippen LogP contribution is -2.42. The molecule has 1 aliphatic heterocycles. The van der Waals surface area contributed by atoms with Gasteiger partial charge in [-0.3, -0.25) is 0 Å². The highest BCUT2D eigenvalue weighted by molar-refractivity contribution is 6.32.